The van der Waals surface area contributed by atoms with E-state index in [0.717, 1.165) is 26.1 Å². The lowest BCUT2D eigenvalue weighted by molar-refractivity contribution is 0.104. The highest BCUT2D eigenvalue weighted by molar-refractivity contribution is 6.27. The Morgan fingerprint density at radius 3 is 2.17 bits per heavy atom. The number of rotatable bonds is 6. The zero-order valence-electron chi connectivity index (χ0n) is 20.0. The minimum Gasteiger partial charge on any atom is -0.493 e. The summed E-state index contributed by atoms with van der Waals surface area (Å²) >= 11 is 0. The first-order valence-electron chi connectivity index (χ1n) is 12.1. The van der Waals surface area contributed by atoms with E-state index in [9.17, 15) is 9.59 Å². The molecule has 1 aromatic heterocycles. The van der Waals surface area contributed by atoms with E-state index in [2.05, 4.69) is 4.90 Å². The molecule has 35 heavy (non-hydrogen) atoms. The summed E-state index contributed by atoms with van der Waals surface area (Å²) < 4.78 is 23.8. The number of hydrogen-bond donors (Lipinski definition) is 0. The topological polar surface area (TPSA) is 79.2 Å². The Bertz CT molecular complexity index is 1400. The molecule has 2 aromatic carbocycles. The van der Waals surface area contributed by atoms with E-state index in [0.29, 0.717) is 62.7 Å². The van der Waals surface area contributed by atoms with Gasteiger partial charge in [0.15, 0.2) is 28.8 Å². The molecule has 3 aliphatic rings. The maximum atomic E-state index is 13.9. The summed E-state index contributed by atoms with van der Waals surface area (Å²) in [5.41, 5.74) is 2.25. The van der Waals surface area contributed by atoms with Crippen molar-refractivity contribution in [2.45, 2.75) is 32.2 Å². The number of carbonyl (C=O) groups is 1. The summed E-state index contributed by atoms with van der Waals surface area (Å²) in [6, 6.07) is 6.97. The van der Waals surface area contributed by atoms with Gasteiger partial charge < -0.3 is 28.4 Å². The van der Waals surface area contributed by atoms with E-state index >= 15 is 0 Å². The molecule has 0 spiro atoms. The smallest absolute Gasteiger partial charge is 0.259 e. The van der Waals surface area contributed by atoms with Gasteiger partial charge in [-0.15, -0.1) is 0 Å². The molecular formula is C27H28N2O6. The number of benzene rings is 2. The Kier molecular flexibility index (Phi) is 5.40. The second-order valence-corrected chi connectivity index (χ2v) is 9.27. The molecule has 1 aliphatic carbocycles. The van der Waals surface area contributed by atoms with Crippen LogP contribution >= 0.6 is 0 Å². The van der Waals surface area contributed by atoms with Crippen molar-refractivity contribution in [2.24, 2.45) is 0 Å². The molecule has 182 valence electrons. The Labute approximate surface area is 202 Å². The van der Waals surface area contributed by atoms with Crippen LogP contribution in [0.3, 0.4) is 0 Å². The van der Waals surface area contributed by atoms with Crippen molar-refractivity contribution in [1.82, 2.24) is 9.47 Å². The third-order valence-corrected chi connectivity index (χ3v) is 7.32. The fourth-order valence-electron chi connectivity index (χ4n) is 5.59. The fourth-order valence-corrected chi connectivity index (χ4v) is 5.59. The lowest BCUT2D eigenvalue weighted by atomic mass is 10.0. The van der Waals surface area contributed by atoms with Crippen molar-refractivity contribution in [2.75, 3.05) is 40.6 Å². The van der Waals surface area contributed by atoms with Gasteiger partial charge in [0.2, 0.25) is 6.79 Å². The predicted octanol–water partition coefficient (Wildman–Crippen LogP) is 3.83. The van der Waals surface area contributed by atoms with E-state index in [4.69, 9.17) is 18.9 Å². The standard InChI is InChI=1S/C27H28N2O6/c1-32-20-11-16-19(14-21(20)33-2)27(31)29(10-6-9-28-7-4-3-5-8-28)25-17-12-22-23(35-15-34-22)13-18(17)26(30)24(16)25/h11-14H,3-10,15H2,1-2H3. The SMILES string of the molecule is COc1cc2c3c(n(CCCN4CCCCC4)c(=O)c2cc1OC)-c1cc2c(cc1C3=O)OCO2. The van der Waals surface area contributed by atoms with Crippen molar-refractivity contribution < 1.29 is 23.7 Å². The van der Waals surface area contributed by atoms with Gasteiger partial charge in [0.1, 0.15) is 0 Å². The maximum Gasteiger partial charge on any atom is 0.259 e. The minimum absolute atomic E-state index is 0.122. The zero-order chi connectivity index (χ0) is 24.1. The van der Waals surface area contributed by atoms with Crippen LogP contribution in [0.2, 0.25) is 0 Å². The van der Waals surface area contributed by atoms with Crippen LogP contribution in [0.4, 0.5) is 0 Å². The molecule has 0 saturated carbocycles. The molecule has 3 aromatic rings. The highest BCUT2D eigenvalue weighted by Gasteiger charge is 2.35. The van der Waals surface area contributed by atoms with Gasteiger partial charge in [-0.1, -0.05) is 6.42 Å². The summed E-state index contributed by atoms with van der Waals surface area (Å²) in [7, 11) is 3.08. The van der Waals surface area contributed by atoms with Crippen LogP contribution in [-0.4, -0.2) is 55.9 Å². The molecular weight excluding hydrogens is 448 g/mol. The Morgan fingerprint density at radius 1 is 0.829 bits per heavy atom. The molecule has 8 nitrogen and oxygen atoms in total. The normalized spacial score (nSPS) is 16.5. The molecule has 0 atom stereocenters. The number of ether oxygens (including phenoxy) is 4. The van der Waals surface area contributed by atoms with E-state index in [1.165, 1.54) is 26.4 Å². The second kappa shape index (κ2) is 8.61. The van der Waals surface area contributed by atoms with Gasteiger partial charge in [-0.2, -0.15) is 0 Å². The summed E-state index contributed by atoms with van der Waals surface area (Å²) in [5, 5.41) is 1.01. The second-order valence-electron chi connectivity index (χ2n) is 9.27. The lowest BCUT2D eigenvalue weighted by Crippen LogP contribution is -2.32. The number of ketones is 1. The first kappa shape index (κ1) is 22.0. The molecule has 0 radical (unpaired) electrons. The van der Waals surface area contributed by atoms with E-state index in [1.807, 2.05) is 6.07 Å². The average molecular weight is 477 g/mol. The highest BCUT2D eigenvalue weighted by Crippen LogP contribution is 2.46. The predicted molar refractivity (Wildman–Crippen MR) is 131 cm³/mol. The van der Waals surface area contributed by atoms with Crippen LogP contribution in [-0.2, 0) is 6.54 Å². The monoisotopic (exact) mass is 476 g/mol. The molecule has 1 fully saturated rings. The molecule has 3 heterocycles. The van der Waals surface area contributed by atoms with E-state index in [1.54, 1.807) is 29.9 Å². The van der Waals surface area contributed by atoms with Gasteiger partial charge in [-0.3, -0.25) is 9.59 Å². The molecule has 8 heteroatoms. The number of piperidine rings is 1. The highest BCUT2D eigenvalue weighted by atomic mass is 16.7. The van der Waals surface area contributed by atoms with Gasteiger partial charge >= 0.3 is 0 Å². The van der Waals surface area contributed by atoms with E-state index < -0.39 is 0 Å². The number of carbonyl (C=O) groups excluding carboxylic acids is 1. The van der Waals surface area contributed by atoms with Crippen LogP contribution < -0.4 is 24.5 Å². The van der Waals surface area contributed by atoms with Crippen molar-refractivity contribution >= 4 is 16.6 Å². The van der Waals surface area contributed by atoms with Crippen LogP contribution in [0.15, 0.2) is 29.1 Å². The zero-order valence-corrected chi connectivity index (χ0v) is 20.0. The van der Waals surface area contributed by atoms with Crippen molar-refractivity contribution in [3.05, 3.63) is 45.7 Å². The summed E-state index contributed by atoms with van der Waals surface area (Å²) in [6.07, 6.45) is 4.55. The van der Waals surface area contributed by atoms with Crippen LogP contribution in [0.25, 0.3) is 22.0 Å². The quantitative estimate of drug-likeness (QED) is 0.418. The number of pyridine rings is 1. The first-order chi connectivity index (χ1) is 17.1. The average Bonchev–Trinajstić information content (AvgIpc) is 3.46. The van der Waals surface area contributed by atoms with Gasteiger partial charge in [-0.25, -0.2) is 0 Å². The number of nitrogens with zero attached hydrogens (tertiary/aromatic N) is 2. The molecule has 0 unspecified atom stereocenters. The molecule has 6 rings (SSSR count). The van der Waals surface area contributed by atoms with Gasteiger partial charge in [0.25, 0.3) is 5.56 Å². The van der Waals surface area contributed by atoms with Gasteiger partial charge in [0.05, 0.1) is 30.9 Å². The summed E-state index contributed by atoms with van der Waals surface area (Å²) in [6.45, 7) is 3.77. The number of aromatic nitrogens is 1. The minimum atomic E-state index is -0.142. The molecule has 0 amide bonds. The number of hydrogen-bond acceptors (Lipinski definition) is 7. The Hall–Kier alpha value is -3.52. The maximum absolute atomic E-state index is 13.9. The lowest BCUT2D eigenvalue weighted by Gasteiger charge is -2.26. The third kappa shape index (κ3) is 3.46. The first-order valence-corrected chi connectivity index (χ1v) is 12.1. The Balaban J connectivity index is 1.53. The van der Waals surface area contributed by atoms with E-state index in [-0.39, 0.29) is 18.1 Å². The van der Waals surface area contributed by atoms with Crippen LogP contribution in [0, 0.1) is 0 Å². The molecule has 2 aliphatic heterocycles. The summed E-state index contributed by atoms with van der Waals surface area (Å²) in [5.74, 6) is 1.94. The van der Waals surface area contributed by atoms with Crippen molar-refractivity contribution in [1.29, 1.82) is 0 Å². The third-order valence-electron chi connectivity index (χ3n) is 7.32. The number of fused-ring (bicyclic) bond motifs is 6. The number of likely N-dealkylation sites (tertiary alicyclic amines) is 1. The Morgan fingerprint density at radius 2 is 1.49 bits per heavy atom. The largest absolute Gasteiger partial charge is 0.493 e. The summed E-state index contributed by atoms with van der Waals surface area (Å²) in [4.78, 5) is 30.1. The molecule has 0 bridgehead atoms. The van der Waals surface area contributed by atoms with Crippen LogP contribution in [0.1, 0.15) is 41.6 Å². The van der Waals surface area contributed by atoms with Crippen molar-refractivity contribution in [3.8, 4) is 34.3 Å². The number of methoxy groups -OCH3 is 2. The molecule has 0 N–H and O–H groups in total. The van der Waals surface area contributed by atoms with Crippen molar-refractivity contribution in [3.63, 3.8) is 0 Å². The van der Waals surface area contributed by atoms with Gasteiger partial charge in [0, 0.05) is 23.1 Å². The van der Waals surface area contributed by atoms with Crippen LogP contribution in [0.5, 0.6) is 23.0 Å². The fraction of sp³-hybridized carbons (Fsp3) is 0.407. The molecule has 1 saturated heterocycles. The van der Waals surface area contributed by atoms with Gasteiger partial charge in [-0.05, 0) is 63.2 Å².